The summed E-state index contributed by atoms with van der Waals surface area (Å²) in [5.74, 6) is 1.05. The third-order valence-electron chi connectivity index (χ3n) is 3.41. The molecule has 7 heteroatoms. The zero-order chi connectivity index (χ0) is 15.6. The molecule has 1 saturated heterocycles. The minimum atomic E-state index is -0.362. The molecule has 1 aromatic rings. The Morgan fingerprint density at radius 1 is 1.48 bits per heavy atom. The second-order valence-electron chi connectivity index (χ2n) is 6.04. The molecular weight excluding hydrogens is 270 g/mol. The second kappa shape index (κ2) is 6.44. The Morgan fingerprint density at radius 2 is 2.19 bits per heavy atom. The average molecular weight is 295 g/mol. The lowest BCUT2D eigenvalue weighted by atomic mass is 10.2. The van der Waals surface area contributed by atoms with E-state index in [2.05, 4.69) is 19.8 Å². The summed E-state index contributed by atoms with van der Waals surface area (Å²) in [7, 11) is 4.03. The van der Waals surface area contributed by atoms with Gasteiger partial charge in [0.2, 0.25) is 5.88 Å². The topological polar surface area (TPSA) is 87.7 Å². The van der Waals surface area contributed by atoms with E-state index in [9.17, 15) is 5.11 Å². The highest BCUT2D eigenvalue weighted by Gasteiger charge is 2.33. The zero-order valence-corrected chi connectivity index (χ0v) is 13.2. The molecule has 1 fully saturated rings. The molecule has 0 amide bonds. The number of hydrogen-bond acceptors (Lipinski definition) is 7. The van der Waals surface area contributed by atoms with Crippen molar-refractivity contribution in [2.45, 2.75) is 38.5 Å². The molecule has 0 bridgehead atoms. The Bertz CT molecular complexity index is 480. The lowest BCUT2D eigenvalue weighted by molar-refractivity contribution is 0.191. The van der Waals surface area contributed by atoms with E-state index in [1.807, 2.05) is 27.9 Å². The minimum absolute atomic E-state index is 0.00297. The number of ether oxygens (including phenoxy) is 1. The number of aliphatic hydroxyl groups excluding tert-OH is 1. The number of aliphatic hydroxyl groups is 1. The van der Waals surface area contributed by atoms with Crippen LogP contribution in [0.25, 0.3) is 0 Å². The Hall–Kier alpha value is -1.60. The van der Waals surface area contributed by atoms with E-state index in [4.69, 9.17) is 10.5 Å². The summed E-state index contributed by atoms with van der Waals surface area (Å²) in [6.45, 7) is 5.22. The lowest BCUT2D eigenvalue weighted by Crippen LogP contribution is -2.38. The fraction of sp³-hybridized carbons (Fsp3) is 0.714. The first-order valence-electron chi connectivity index (χ1n) is 7.25. The van der Waals surface area contributed by atoms with Gasteiger partial charge in [0.05, 0.1) is 12.2 Å². The van der Waals surface area contributed by atoms with E-state index in [1.165, 1.54) is 6.33 Å². The molecule has 1 aliphatic heterocycles. The van der Waals surface area contributed by atoms with Crippen LogP contribution in [0.1, 0.15) is 20.3 Å². The highest BCUT2D eigenvalue weighted by atomic mass is 16.5. The summed E-state index contributed by atoms with van der Waals surface area (Å²) in [6.07, 6.45) is 1.80. The van der Waals surface area contributed by atoms with E-state index >= 15 is 0 Å². The predicted octanol–water partition coefficient (Wildman–Crippen LogP) is 0.347. The molecule has 2 atom stereocenters. The molecule has 0 aliphatic carbocycles. The van der Waals surface area contributed by atoms with E-state index in [1.54, 1.807) is 0 Å². The van der Waals surface area contributed by atoms with Gasteiger partial charge in [0.1, 0.15) is 12.0 Å². The fourth-order valence-corrected chi connectivity index (χ4v) is 2.66. The van der Waals surface area contributed by atoms with Gasteiger partial charge >= 0.3 is 0 Å². The first kappa shape index (κ1) is 15.8. The predicted molar refractivity (Wildman–Crippen MR) is 82.5 cm³/mol. The van der Waals surface area contributed by atoms with Crippen molar-refractivity contribution in [1.29, 1.82) is 0 Å². The van der Waals surface area contributed by atoms with Crippen molar-refractivity contribution in [3.05, 3.63) is 6.33 Å². The first-order chi connectivity index (χ1) is 9.88. The molecule has 1 aliphatic rings. The van der Waals surface area contributed by atoms with Gasteiger partial charge in [-0.1, -0.05) is 0 Å². The van der Waals surface area contributed by atoms with Crippen LogP contribution in [0.4, 0.5) is 11.5 Å². The van der Waals surface area contributed by atoms with Crippen LogP contribution < -0.4 is 15.4 Å². The number of hydrogen-bond donors (Lipinski definition) is 2. The lowest BCUT2D eigenvalue weighted by Gasteiger charge is -2.28. The first-order valence-corrected chi connectivity index (χ1v) is 7.25. The van der Waals surface area contributed by atoms with E-state index in [0.717, 1.165) is 6.54 Å². The SMILES string of the molecule is CC(C)Oc1ncnc(N2CC(O)CC2CN(C)C)c1N. The maximum atomic E-state index is 9.97. The van der Waals surface area contributed by atoms with Gasteiger partial charge < -0.3 is 25.4 Å². The van der Waals surface area contributed by atoms with Crippen LogP contribution in [0.2, 0.25) is 0 Å². The summed E-state index contributed by atoms with van der Waals surface area (Å²) >= 11 is 0. The number of β-amino-alcohol motifs (C(OH)–C–C–N with tert-alkyl or cyclic N) is 1. The van der Waals surface area contributed by atoms with Crippen molar-refractivity contribution < 1.29 is 9.84 Å². The van der Waals surface area contributed by atoms with Gasteiger partial charge in [0.15, 0.2) is 5.82 Å². The number of anilines is 2. The molecular formula is C14H25N5O2. The maximum absolute atomic E-state index is 9.97. The summed E-state index contributed by atoms with van der Waals surface area (Å²) in [6, 6.07) is 0.180. The van der Waals surface area contributed by atoms with Crippen molar-refractivity contribution in [1.82, 2.24) is 14.9 Å². The van der Waals surface area contributed by atoms with Crippen LogP contribution >= 0.6 is 0 Å². The number of nitrogens with zero attached hydrogens (tertiary/aromatic N) is 4. The molecule has 3 N–H and O–H groups in total. The molecule has 0 saturated carbocycles. The second-order valence-corrected chi connectivity index (χ2v) is 6.04. The Kier molecular flexibility index (Phi) is 4.84. The molecule has 1 aromatic heterocycles. The molecule has 0 aromatic carbocycles. The Morgan fingerprint density at radius 3 is 2.81 bits per heavy atom. The molecule has 118 valence electrons. The monoisotopic (exact) mass is 295 g/mol. The summed E-state index contributed by atoms with van der Waals surface area (Å²) in [4.78, 5) is 12.5. The third-order valence-corrected chi connectivity index (χ3v) is 3.41. The van der Waals surface area contributed by atoms with Gasteiger partial charge in [-0.05, 0) is 34.4 Å². The number of rotatable bonds is 5. The Labute approximate surface area is 125 Å². The minimum Gasteiger partial charge on any atom is -0.473 e. The van der Waals surface area contributed by atoms with Gasteiger partial charge in [0.25, 0.3) is 0 Å². The Balaban J connectivity index is 2.27. The van der Waals surface area contributed by atoms with Crippen LogP contribution in [0.3, 0.4) is 0 Å². The third kappa shape index (κ3) is 3.74. The largest absolute Gasteiger partial charge is 0.473 e. The van der Waals surface area contributed by atoms with E-state index in [0.29, 0.717) is 30.4 Å². The number of likely N-dealkylation sites (N-methyl/N-ethyl adjacent to an activating group) is 1. The van der Waals surface area contributed by atoms with Crippen LogP contribution in [0.15, 0.2) is 6.33 Å². The smallest absolute Gasteiger partial charge is 0.242 e. The summed E-state index contributed by atoms with van der Waals surface area (Å²) in [5, 5.41) is 9.97. The van der Waals surface area contributed by atoms with Crippen LogP contribution in [-0.4, -0.2) is 65.4 Å². The maximum Gasteiger partial charge on any atom is 0.242 e. The van der Waals surface area contributed by atoms with Crippen molar-refractivity contribution >= 4 is 11.5 Å². The van der Waals surface area contributed by atoms with Crippen molar-refractivity contribution in [3.63, 3.8) is 0 Å². The van der Waals surface area contributed by atoms with Gasteiger partial charge in [-0.3, -0.25) is 0 Å². The molecule has 7 nitrogen and oxygen atoms in total. The number of nitrogens with two attached hydrogens (primary N) is 1. The molecule has 21 heavy (non-hydrogen) atoms. The van der Waals surface area contributed by atoms with Gasteiger partial charge in [-0.2, -0.15) is 4.98 Å². The standard InChI is InChI=1S/C14H25N5O2/c1-9(2)21-14-12(15)13(16-8-17-14)19-7-11(20)5-10(19)6-18(3)4/h8-11,20H,5-7,15H2,1-4H3. The van der Waals surface area contributed by atoms with Crippen LogP contribution in [-0.2, 0) is 0 Å². The van der Waals surface area contributed by atoms with Crippen molar-refractivity contribution in [2.75, 3.05) is 37.8 Å². The quantitative estimate of drug-likeness (QED) is 0.810. The molecule has 0 spiro atoms. The van der Waals surface area contributed by atoms with Crippen LogP contribution in [0.5, 0.6) is 5.88 Å². The fourth-order valence-electron chi connectivity index (χ4n) is 2.66. The number of nitrogen functional groups attached to an aromatic ring is 1. The van der Waals surface area contributed by atoms with Crippen LogP contribution in [0, 0.1) is 0 Å². The normalized spacial score (nSPS) is 22.3. The van der Waals surface area contributed by atoms with Gasteiger partial charge in [-0.15, -0.1) is 0 Å². The average Bonchev–Trinajstić information content (AvgIpc) is 2.71. The zero-order valence-electron chi connectivity index (χ0n) is 13.2. The van der Waals surface area contributed by atoms with Gasteiger partial charge in [0, 0.05) is 19.1 Å². The molecule has 2 unspecified atom stereocenters. The van der Waals surface area contributed by atoms with E-state index in [-0.39, 0.29) is 18.2 Å². The van der Waals surface area contributed by atoms with E-state index < -0.39 is 0 Å². The van der Waals surface area contributed by atoms with Crippen molar-refractivity contribution in [2.24, 2.45) is 0 Å². The molecule has 0 radical (unpaired) electrons. The molecule has 2 heterocycles. The summed E-state index contributed by atoms with van der Waals surface area (Å²) < 4.78 is 5.61. The molecule has 2 rings (SSSR count). The van der Waals surface area contributed by atoms with Gasteiger partial charge in [-0.25, -0.2) is 4.98 Å². The summed E-state index contributed by atoms with van der Waals surface area (Å²) in [5.41, 5.74) is 6.60. The highest BCUT2D eigenvalue weighted by Crippen LogP contribution is 2.33. The highest BCUT2D eigenvalue weighted by molar-refractivity contribution is 5.68. The number of aromatic nitrogens is 2. The van der Waals surface area contributed by atoms with Crippen molar-refractivity contribution in [3.8, 4) is 5.88 Å².